The van der Waals surface area contributed by atoms with Crippen LogP contribution in [0.5, 0.6) is 0 Å². The number of carbonyl (C=O) groups is 1. The standard InChI is InChI=1S/C20H25ClN2OS/c1-14(2)25-19-12-8-6-10-16(19)20(24)22-13-18(23(3)4)15-9-5-7-11-17(15)21/h5-12,14,18H,13H2,1-4H3,(H,22,24). The Bertz CT molecular complexity index is 718. The molecule has 25 heavy (non-hydrogen) atoms. The number of halogens is 1. The predicted octanol–water partition coefficient (Wildman–Crippen LogP) is 4.87. The van der Waals surface area contributed by atoms with Crippen molar-refractivity contribution in [3.63, 3.8) is 0 Å². The molecular formula is C20H25ClN2OS. The molecular weight excluding hydrogens is 352 g/mol. The number of hydrogen-bond donors (Lipinski definition) is 1. The lowest BCUT2D eigenvalue weighted by Gasteiger charge is -2.26. The molecule has 0 saturated carbocycles. The average molecular weight is 377 g/mol. The van der Waals surface area contributed by atoms with Gasteiger partial charge in [0.15, 0.2) is 0 Å². The molecule has 5 heteroatoms. The van der Waals surface area contributed by atoms with Gasteiger partial charge in [0.25, 0.3) is 5.91 Å². The highest BCUT2D eigenvalue weighted by atomic mass is 35.5. The quantitative estimate of drug-likeness (QED) is 0.699. The molecule has 0 aromatic heterocycles. The molecule has 1 atom stereocenters. The van der Waals surface area contributed by atoms with Crippen LogP contribution in [0, 0.1) is 0 Å². The average Bonchev–Trinajstić information content (AvgIpc) is 2.56. The van der Waals surface area contributed by atoms with E-state index in [1.807, 2.05) is 62.6 Å². The van der Waals surface area contributed by atoms with E-state index in [0.717, 1.165) is 16.0 Å². The highest BCUT2D eigenvalue weighted by molar-refractivity contribution is 8.00. The number of rotatable bonds is 7. The van der Waals surface area contributed by atoms with Gasteiger partial charge in [0.05, 0.1) is 11.6 Å². The summed E-state index contributed by atoms with van der Waals surface area (Å²) < 4.78 is 0. The zero-order valence-corrected chi connectivity index (χ0v) is 16.7. The van der Waals surface area contributed by atoms with Crippen LogP contribution >= 0.6 is 23.4 Å². The van der Waals surface area contributed by atoms with E-state index >= 15 is 0 Å². The summed E-state index contributed by atoms with van der Waals surface area (Å²) in [6.45, 7) is 4.74. The van der Waals surface area contributed by atoms with Crippen molar-refractivity contribution in [3.05, 3.63) is 64.7 Å². The zero-order chi connectivity index (χ0) is 18.4. The minimum Gasteiger partial charge on any atom is -0.350 e. The lowest BCUT2D eigenvalue weighted by Crippen LogP contribution is -2.35. The number of nitrogens with one attached hydrogen (secondary N) is 1. The highest BCUT2D eigenvalue weighted by Gasteiger charge is 2.19. The van der Waals surface area contributed by atoms with Gasteiger partial charge in [-0.2, -0.15) is 0 Å². The molecule has 0 aliphatic rings. The second kappa shape index (κ2) is 9.27. The third kappa shape index (κ3) is 5.50. The molecule has 0 aliphatic heterocycles. The number of hydrogen-bond acceptors (Lipinski definition) is 3. The first kappa shape index (κ1) is 19.8. The minimum atomic E-state index is -0.0531. The van der Waals surface area contributed by atoms with E-state index < -0.39 is 0 Å². The van der Waals surface area contributed by atoms with Gasteiger partial charge < -0.3 is 10.2 Å². The van der Waals surface area contributed by atoms with Gasteiger partial charge >= 0.3 is 0 Å². The van der Waals surface area contributed by atoms with Crippen LogP contribution in [-0.4, -0.2) is 36.7 Å². The lowest BCUT2D eigenvalue weighted by atomic mass is 10.1. The highest BCUT2D eigenvalue weighted by Crippen LogP contribution is 2.28. The van der Waals surface area contributed by atoms with Crippen molar-refractivity contribution >= 4 is 29.3 Å². The smallest absolute Gasteiger partial charge is 0.252 e. The summed E-state index contributed by atoms with van der Waals surface area (Å²) in [6.07, 6.45) is 0. The molecule has 0 radical (unpaired) electrons. The van der Waals surface area contributed by atoms with E-state index in [1.165, 1.54) is 0 Å². The minimum absolute atomic E-state index is 0.0163. The number of carbonyl (C=O) groups excluding carboxylic acids is 1. The van der Waals surface area contributed by atoms with Gasteiger partial charge in [-0.05, 0) is 37.9 Å². The summed E-state index contributed by atoms with van der Waals surface area (Å²) in [5, 5.41) is 4.20. The molecule has 0 bridgehead atoms. The molecule has 2 aromatic rings. The summed E-state index contributed by atoms with van der Waals surface area (Å²) in [7, 11) is 3.98. The Kier molecular flexibility index (Phi) is 7.36. The van der Waals surface area contributed by atoms with Gasteiger partial charge in [-0.25, -0.2) is 0 Å². The number of benzene rings is 2. The molecule has 0 aliphatic carbocycles. The van der Waals surface area contributed by atoms with E-state index in [0.29, 0.717) is 16.8 Å². The second-order valence-corrected chi connectivity index (χ2v) is 8.40. The second-order valence-electron chi connectivity index (χ2n) is 6.37. The first-order chi connectivity index (χ1) is 11.9. The Balaban J connectivity index is 2.14. The zero-order valence-electron chi connectivity index (χ0n) is 15.1. The topological polar surface area (TPSA) is 32.3 Å². The first-order valence-corrected chi connectivity index (χ1v) is 9.60. The van der Waals surface area contributed by atoms with Crippen LogP contribution in [-0.2, 0) is 0 Å². The molecule has 2 rings (SSSR count). The van der Waals surface area contributed by atoms with E-state index in [2.05, 4.69) is 24.1 Å². The predicted molar refractivity (Wildman–Crippen MR) is 108 cm³/mol. The molecule has 3 nitrogen and oxygen atoms in total. The normalized spacial score (nSPS) is 12.4. The van der Waals surface area contributed by atoms with E-state index in [1.54, 1.807) is 11.8 Å². The fourth-order valence-electron chi connectivity index (χ4n) is 2.61. The number of nitrogens with zero attached hydrogens (tertiary/aromatic N) is 1. The van der Waals surface area contributed by atoms with Crippen molar-refractivity contribution in [1.82, 2.24) is 10.2 Å². The molecule has 1 unspecified atom stereocenters. The van der Waals surface area contributed by atoms with Gasteiger partial charge in [-0.15, -0.1) is 11.8 Å². The summed E-state index contributed by atoms with van der Waals surface area (Å²) >= 11 is 8.04. The van der Waals surface area contributed by atoms with E-state index in [9.17, 15) is 4.79 Å². The maximum atomic E-state index is 12.7. The molecule has 0 heterocycles. The van der Waals surface area contributed by atoms with Crippen LogP contribution in [0.2, 0.25) is 5.02 Å². The van der Waals surface area contributed by atoms with Crippen LogP contribution in [0.15, 0.2) is 53.4 Å². The van der Waals surface area contributed by atoms with E-state index in [-0.39, 0.29) is 11.9 Å². The maximum absolute atomic E-state index is 12.7. The van der Waals surface area contributed by atoms with Gasteiger partial charge in [0.2, 0.25) is 0 Å². The molecule has 1 amide bonds. The number of amides is 1. The Morgan fingerprint density at radius 2 is 1.76 bits per heavy atom. The van der Waals surface area contributed by atoms with E-state index in [4.69, 9.17) is 11.6 Å². The van der Waals surface area contributed by atoms with Crippen LogP contribution < -0.4 is 5.32 Å². The van der Waals surface area contributed by atoms with Crippen molar-refractivity contribution in [3.8, 4) is 0 Å². The van der Waals surface area contributed by atoms with Crippen molar-refractivity contribution in [2.24, 2.45) is 0 Å². The van der Waals surface area contributed by atoms with Gasteiger partial charge in [-0.1, -0.05) is 55.8 Å². The summed E-state index contributed by atoms with van der Waals surface area (Å²) in [4.78, 5) is 15.8. The van der Waals surface area contributed by atoms with Gasteiger partial charge in [0, 0.05) is 21.7 Å². The Morgan fingerprint density at radius 3 is 2.40 bits per heavy atom. The Hall–Kier alpha value is -1.49. The van der Waals surface area contributed by atoms with Crippen LogP contribution in [0.1, 0.15) is 35.8 Å². The summed E-state index contributed by atoms with van der Waals surface area (Å²) in [5.74, 6) is -0.0531. The van der Waals surface area contributed by atoms with Crippen molar-refractivity contribution in [1.29, 1.82) is 0 Å². The molecule has 0 spiro atoms. The van der Waals surface area contributed by atoms with Crippen LogP contribution in [0.25, 0.3) is 0 Å². The monoisotopic (exact) mass is 376 g/mol. The summed E-state index contributed by atoms with van der Waals surface area (Å²) in [6, 6.07) is 15.5. The third-order valence-corrected chi connectivity index (χ3v) is 5.26. The van der Waals surface area contributed by atoms with Crippen LogP contribution in [0.3, 0.4) is 0 Å². The van der Waals surface area contributed by atoms with Gasteiger partial charge in [-0.3, -0.25) is 4.79 Å². The Labute approximate surface area is 159 Å². The van der Waals surface area contributed by atoms with Crippen LogP contribution in [0.4, 0.5) is 0 Å². The Morgan fingerprint density at radius 1 is 1.12 bits per heavy atom. The third-order valence-electron chi connectivity index (χ3n) is 3.84. The van der Waals surface area contributed by atoms with Gasteiger partial charge in [0.1, 0.15) is 0 Å². The fraction of sp³-hybridized carbons (Fsp3) is 0.350. The molecule has 2 aromatic carbocycles. The molecule has 1 N–H and O–H groups in total. The molecule has 0 fully saturated rings. The first-order valence-electron chi connectivity index (χ1n) is 8.35. The summed E-state index contributed by atoms with van der Waals surface area (Å²) in [5.41, 5.74) is 1.73. The maximum Gasteiger partial charge on any atom is 0.252 e. The molecule has 134 valence electrons. The number of likely N-dealkylation sites (N-methyl/N-ethyl adjacent to an activating group) is 1. The van der Waals surface area contributed by atoms with Crippen molar-refractivity contribution in [2.45, 2.75) is 30.0 Å². The van der Waals surface area contributed by atoms with Crippen molar-refractivity contribution in [2.75, 3.05) is 20.6 Å². The number of thioether (sulfide) groups is 1. The SMILES string of the molecule is CC(C)Sc1ccccc1C(=O)NCC(c1ccccc1Cl)N(C)C. The van der Waals surface area contributed by atoms with Crippen molar-refractivity contribution < 1.29 is 4.79 Å². The fourth-order valence-corrected chi connectivity index (χ4v) is 3.83. The molecule has 0 saturated heterocycles. The largest absolute Gasteiger partial charge is 0.350 e. The lowest BCUT2D eigenvalue weighted by molar-refractivity contribution is 0.0939.